The van der Waals surface area contributed by atoms with Crippen LogP contribution < -0.4 is 5.56 Å². The van der Waals surface area contributed by atoms with Gasteiger partial charge in [-0.15, -0.1) is 0 Å². The lowest BCUT2D eigenvalue weighted by Gasteiger charge is -2.34. The zero-order valence-corrected chi connectivity index (χ0v) is 15.1. The number of aromatic nitrogens is 2. The van der Waals surface area contributed by atoms with Crippen molar-refractivity contribution in [3.05, 3.63) is 28.4 Å². The third kappa shape index (κ3) is 4.68. The minimum Gasteiger partial charge on any atom is -0.379 e. The molecule has 0 N–H and O–H groups in total. The van der Waals surface area contributed by atoms with Crippen molar-refractivity contribution in [2.24, 2.45) is 5.92 Å². The Labute approximate surface area is 149 Å². The maximum absolute atomic E-state index is 12.3. The Balaban J connectivity index is 1.21. The first-order valence-electron chi connectivity index (χ1n) is 9.87. The molecule has 3 heterocycles. The molecule has 0 aromatic carbocycles. The number of rotatable bonds is 6. The summed E-state index contributed by atoms with van der Waals surface area (Å²) in [6.45, 7) is 9.34. The second-order valence-electron chi connectivity index (χ2n) is 7.82. The topological polar surface area (TPSA) is 50.6 Å². The van der Waals surface area contributed by atoms with Crippen molar-refractivity contribution in [3.63, 3.8) is 0 Å². The Morgan fingerprint density at radius 1 is 1.00 bits per heavy atom. The summed E-state index contributed by atoms with van der Waals surface area (Å²) in [4.78, 5) is 21.9. The van der Waals surface area contributed by atoms with Crippen LogP contribution in [0.15, 0.2) is 17.2 Å². The van der Waals surface area contributed by atoms with Gasteiger partial charge in [-0.2, -0.15) is 0 Å². The molecular weight excluding hydrogens is 316 g/mol. The van der Waals surface area contributed by atoms with Crippen molar-refractivity contribution in [2.75, 3.05) is 52.5 Å². The van der Waals surface area contributed by atoms with Gasteiger partial charge >= 0.3 is 0 Å². The summed E-state index contributed by atoms with van der Waals surface area (Å²) < 4.78 is 7.23. The van der Waals surface area contributed by atoms with Crippen molar-refractivity contribution < 1.29 is 4.74 Å². The molecule has 0 radical (unpaired) electrons. The van der Waals surface area contributed by atoms with Gasteiger partial charge in [-0.3, -0.25) is 14.3 Å². The van der Waals surface area contributed by atoms with Crippen LogP contribution in [-0.4, -0.2) is 71.8 Å². The lowest BCUT2D eigenvalue weighted by molar-refractivity contribution is 0.0312. The van der Waals surface area contributed by atoms with E-state index < -0.39 is 0 Å². The van der Waals surface area contributed by atoms with Gasteiger partial charge in [0.1, 0.15) is 0 Å². The maximum atomic E-state index is 12.3. The minimum atomic E-state index is 0.131. The molecule has 4 rings (SSSR count). The van der Waals surface area contributed by atoms with Crippen LogP contribution in [0, 0.1) is 5.92 Å². The normalized spacial score (nSPS) is 23.8. The molecule has 2 aliphatic heterocycles. The van der Waals surface area contributed by atoms with E-state index in [2.05, 4.69) is 14.8 Å². The highest BCUT2D eigenvalue weighted by Gasteiger charge is 2.26. The molecule has 3 fully saturated rings. The highest BCUT2D eigenvalue weighted by atomic mass is 16.5. The highest BCUT2D eigenvalue weighted by Crippen LogP contribution is 2.38. The fourth-order valence-electron chi connectivity index (χ4n) is 3.96. The molecule has 0 spiro atoms. The third-order valence-corrected chi connectivity index (χ3v) is 5.89. The summed E-state index contributed by atoms with van der Waals surface area (Å²) in [5, 5.41) is 0. The van der Waals surface area contributed by atoms with E-state index in [0.717, 1.165) is 64.7 Å². The Bertz CT molecular complexity index is 614. The van der Waals surface area contributed by atoms with Gasteiger partial charge < -0.3 is 9.64 Å². The number of piperidine rings is 1. The first-order chi connectivity index (χ1) is 12.3. The molecule has 3 aliphatic rings. The van der Waals surface area contributed by atoms with E-state index >= 15 is 0 Å². The standard InChI is InChI=1S/C19H30N4O2/c24-19-13-18(17-1-2-17)20-15-23(19)14-16-3-5-21(6-4-16)7-8-22-9-11-25-12-10-22/h13,15-17H,1-12,14H2. The van der Waals surface area contributed by atoms with Crippen LogP contribution in [-0.2, 0) is 11.3 Å². The number of hydrogen-bond acceptors (Lipinski definition) is 5. The molecule has 1 aromatic heterocycles. The molecule has 1 aliphatic carbocycles. The van der Waals surface area contributed by atoms with E-state index in [4.69, 9.17) is 4.74 Å². The van der Waals surface area contributed by atoms with Gasteiger partial charge in [0, 0.05) is 44.7 Å². The number of likely N-dealkylation sites (tertiary alicyclic amines) is 1. The van der Waals surface area contributed by atoms with Gasteiger partial charge in [0.25, 0.3) is 5.56 Å². The predicted octanol–water partition coefficient (Wildman–Crippen LogP) is 1.16. The quantitative estimate of drug-likeness (QED) is 0.774. The van der Waals surface area contributed by atoms with Gasteiger partial charge in [-0.1, -0.05) is 0 Å². The van der Waals surface area contributed by atoms with Crippen LogP contribution in [0.3, 0.4) is 0 Å². The average Bonchev–Trinajstić information content (AvgIpc) is 3.49. The van der Waals surface area contributed by atoms with Crippen LogP contribution in [0.25, 0.3) is 0 Å². The molecule has 6 heteroatoms. The zero-order chi connectivity index (χ0) is 17.1. The van der Waals surface area contributed by atoms with Gasteiger partial charge in [0.2, 0.25) is 0 Å². The molecule has 6 nitrogen and oxygen atoms in total. The van der Waals surface area contributed by atoms with Gasteiger partial charge in [0.05, 0.1) is 25.2 Å². The van der Waals surface area contributed by atoms with Crippen LogP contribution in [0.5, 0.6) is 0 Å². The van der Waals surface area contributed by atoms with E-state index in [1.165, 1.54) is 25.7 Å². The van der Waals surface area contributed by atoms with Crippen molar-refractivity contribution >= 4 is 0 Å². The molecule has 1 saturated carbocycles. The van der Waals surface area contributed by atoms with Crippen LogP contribution in [0.1, 0.15) is 37.3 Å². The fraction of sp³-hybridized carbons (Fsp3) is 0.789. The Morgan fingerprint density at radius 2 is 1.68 bits per heavy atom. The number of morpholine rings is 1. The summed E-state index contributed by atoms with van der Waals surface area (Å²) >= 11 is 0. The minimum absolute atomic E-state index is 0.131. The molecule has 0 unspecified atom stereocenters. The monoisotopic (exact) mass is 346 g/mol. The molecule has 25 heavy (non-hydrogen) atoms. The summed E-state index contributed by atoms with van der Waals surface area (Å²) in [5.41, 5.74) is 1.13. The number of ether oxygens (including phenoxy) is 1. The number of hydrogen-bond donors (Lipinski definition) is 0. The molecule has 138 valence electrons. The molecule has 0 atom stereocenters. The lowest BCUT2D eigenvalue weighted by Crippen LogP contribution is -2.44. The largest absolute Gasteiger partial charge is 0.379 e. The van der Waals surface area contributed by atoms with Gasteiger partial charge in [-0.05, 0) is 44.7 Å². The smallest absolute Gasteiger partial charge is 0.253 e. The van der Waals surface area contributed by atoms with Crippen molar-refractivity contribution in [1.29, 1.82) is 0 Å². The SMILES string of the molecule is O=c1cc(C2CC2)ncn1CC1CCN(CCN2CCOCC2)CC1. The van der Waals surface area contributed by atoms with Crippen LogP contribution in [0.2, 0.25) is 0 Å². The van der Waals surface area contributed by atoms with E-state index in [0.29, 0.717) is 11.8 Å². The molecule has 2 saturated heterocycles. The molecule has 0 bridgehead atoms. The van der Waals surface area contributed by atoms with Crippen molar-refractivity contribution in [3.8, 4) is 0 Å². The van der Waals surface area contributed by atoms with E-state index in [9.17, 15) is 4.79 Å². The Kier molecular flexibility index (Phi) is 5.48. The van der Waals surface area contributed by atoms with Gasteiger partial charge in [0.15, 0.2) is 0 Å². The summed E-state index contributed by atoms with van der Waals surface area (Å²) in [5.74, 6) is 1.16. The molecule has 0 amide bonds. The zero-order valence-electron chi connectivity index (χ0n) is 15.1. The summed E-state index contributed by atoms with van der Waals surface area (Å²) in [6.07, 6.45) is 6.53. The van der Waals surface area contributed by atoms with E-state index in [1.54, 1.807) is 12.4 Å². The summed E-state index contributed by atoms with van der Waals surface area (Å²) in [6, 6.07) is 1.76. The predicted molar refractivity (Wildman–Crippen MR) is 96.9 cm³/mol. The number of nitrogens with zero attached hydrogens (tertiary/aromatic N) is 4. The average molecular weight is 346 g/mol. The van der Waals surface area contributed by atoms with E-state index in [-0.39, 0.29) is 5.56 Å². The van der Waals surface area contributed by atoms with Crippen LogP contribution in [0.4, 0.5) is 0 Å². The first kappa shape index (κ1) is 17.2. The van der Waals surface area contributed by atoms with E-state index in [1.807, 2.05) is 4.57 Å². The van der Waals surface area contributed by atoms with Crippen molar-refractivity contribution in [2.45, 2.75) is 38.1 Å². The first-order valence-corrected chi connectivity index (χ1v) is 9.87. The lowest BCUT2D eigenvalue weighted by atomic mass is 9.96. The molecular formula is C19H30N4O2. The third-order valence-electron chi connectivity index (χ3n) is 5.89. The Morgan fingerprint density at radius 3 is 2.32 bits per heavy atom. The second-order valence-corrected chi connectivity index (χ2v) is 7.82. The van der Waals surface area contributed by atoms with Crippen molar-refractivity contribution in [1.82, 2.24) is 19.4 Å². The highest BCUT2D eigenvalue weighted by molar-refractivity contribution is 5.12. The fourth-order valence-corrected chi connectivity index (χ4v) is 3.96. The van der Waals surface area contributed by atoms with Crippen LogP contribution >= 0.6 is 0 Å². The molecule has 1 aromatic rings. The maximum Gasteiger partial charge on any atom is 0.253 e. The Hall–Kier alpha value is -1.24. The second kappa shape index (κ2) is 7.98. The van der Waals surface area contributed by atoms with Gasteiger partial charge in [-0.25, -0.2) is 4.98 Å². The summed E-state index contributed by atoms with van der Waals surface area (Å²) in [7, 11) is 0.